The molecule has 0 saturated heterocycles. The highest BCUT2D eigenvalue weighted by atomic mass is 127. The maximum atomic E-state index is 5.37. The molecule has 23 heavy (non-hydrogen) atoms. The van der Waals surface area contributed by atoms with Crippen LogP contribution in [0.25, 0.3) is 0 Å². The number of nitrogens with one attached hydrogen (secondary N) is 1. The minimum Gasteiger partial charge on any atom is -0.496 e. The summed E-state index contributed by atoms with van der Waals surface area (Å²) in [6, 6.07) is 7.97. The second-order valence-corrected chi connectivity index (χ2v) is 5.99. The number of benzene rings is 1. The normalized spacial score (nSPS) is 10.9. The van der Waals surface area contributed by atoms with Gasteiger partial charge in [-0.15, -0.1) is 35.3 Å². The number of guanidine groups is 1. The van der Waals surface area contributed by atoms with Gasteiger partial charge < -0.3 is 15.0 Å². The number of halogens is 1. The van der Waals surface area contributed by atoms with Gasteiger partial charge in [-0.05, 0) is 13.0 Å². The molecule has 0 unspecified atom stereocenters. The molecule has 0 atom stereocenters. The van der Waals surface area contributed by atoms with E-state index in [1.54, 1.807) is 25.5 Å². The van der Waals surface area contributed by atoms with E-state index in [-0.39, 0.29) is 24.0 Å². The van der Waals surface area contributed by atoms with Crippen LogP contribution >= 0.6 is 35.3 Å². The Hall–Kier alpha value is -1.35. The van der Waals surface area contributed by atoms with Crippen molar-refractivity contribution in [1.82, 2.24) is 15.2 Å². The SMILES string of the molecule is CN=C(NCc1ccccc1OC)N(C)Cc1csc(C)n1.I. The summed E-state index contributed by atoms with van der Waals surface area (Å²) in [4.78, 5) is 10.9. The van der Waals surface area contributed by atoms with E-state index in [1.807, 2.05) is 38.2 Å². The van der Waals surface area contributed by atoms with Crippen LogP contribution in [-0.4, -0.2) is 37.0 Å². The van der Waals surface area contributed by atoms with Crippen LogP contribution in [0, 0.1) is 6.92 Å². The number of hydrogen-bond acceptors (Lipinski definition) is 4. The number of nitrogens with zero attached hydrogens (tertiary/aromatic N) is 3. The lowest BCUT2D eigenvalue weighted by Crippen LogP contribution is -2.38. The van der Waals surface area contributed by atoms with E-state index in [1.165, 1.54) is 0 Å². The first kappa shape index (κ1) is 19.7. The molecule has 1 heterocycles. The number of hydrogen-bond donors (Lipinski definition) is 1. The van der Waals surface area contributed by atoms with E-state index in [2.05, 4.69) is 25.6 Å². The van der Waals surface area contributed by atoms with Gasteiger partial charge in [0.2, 0.25) is 0 Å². The number of aliphatic imine (C=N–C) groups is 1. The first-order valence-electron chi connectivity index (χ1n) is 7.08. The lowest BCUT2D eigenvalue weighted by Gasteiger charge is -2.21. The van der Waals surface area contributed by atoms with Crippen molar-refractivity contribution in [3.63, 3.8) is 0 Å². The number of para-hydroxylation sites is 1. The van der Waals surface area contributed by atoms with Gasteiger partial charge in [-0.3, -0.25) is 4.99 Å². The Morgan fingerprint density at radius 1 is 1.39 bits per heavy atom. The van der Waals surface area contributed by atoms with Crippen LogP contribution in [0.3, 0.4) is 0 Å². The topological polar surface area (TPSA) is 49.8 Å². The van der Waals surface area contributed by atoms with E-state index in [9.17, 15) is 0 Å². The summed E-state index contributed by atoms with van der Waals surface area (Å²) in [6.07, 6.45) is 0. The van der Waals surface area contributed by atoms with Crippen LogP contribution in [0.2, 0.25) is 0 Å². The smallest absolute Gasteiger partial charge is 0.194 e. The molecule has 2 rings (SSSR count). The number of rotatable bonds is 5. The Morgan fingerprint density at radius 3 is 2.74 bits per heavy atom. The third-order valence-electron chi connectivity index (χ3n) is 3.27. The molecule has 7 heteroatoms. The summed E-state index contributed by atoms with van der Waals surface area (Å²) >= 11 is 1.67. The molecule has 1 N–H and O–H groups in total. The average molecular weight is 446 g/mol. The lowest BCUT2D eigenvalue weighted by molar-refractivity contribution is 0.408. The summed E-state index contributed by atoms with van der Waals surface area (Å²) in [5.74, 6) is 1.71. The molecule has 0 spiro atoms. The predicted octanol–water partition coefficient (Wildman–Crippen LogP) is 3.29. The molecule has 0 aliphatic heterocycles. The van der Waals surface area contributed by atoms with E-state index < -0.39 is 0 Å². The maximum Gasteiger partial charge on any atom is 0.194 e. The molecule has 0 bridgehead atoms. The number of ether oxygens (including phenoxy) is 1. The first-order valence-corrected chi connectivity index (χ1v) is 7.96. The summed E-state index contributed by atoms with van der Waals surface area (Å²) in [5, 5.41) is 6.53. The van der Waals surface area contributed by atoms with Crippen molar-refractivity contribution in [2.24, 2.45) is 4.99 Å². The van der Waals surface area contributed by atoms with Gasteiger partial charge in [-0.25, -0.2) is 4.98 Å². The van der Waals surface area contributed by atoms with E-state index in [0.29, 0.717) is 6.54 Å². The summed E-state index contributed by atoms with van der Waals surface area (Å²) in [5.41, 5.74) is 2.16. The summed E-state index contributed by atoms with van der Waals surface area (Å²) < 4.78 is 5.37. The third-order valence-corrected chi connectivity index (χ3v) is 4.09. The van der Waals surface area contributed by atoms with Crippen molar-refractivity contribution in [3.8, 4) is 5.75 Å². The van der Waals surface area contributed by atoms with Gasteiger partial charge in [0.05, 0.1) is 24.4 Å². The Balaban J connectivity index is 0.00000264. The van der Waals surface area contributed by atoms with Gasteiger partial charge in [0.15, 0.2) is 5.96 Å². The van der Waals surface area contributed by atoms with Crippen molar-refractivity contribution in [2.45, 2.75) is 20.0 Å². The molecular formula is C16H23IN4OS. The van der Waals surface area contributed by atoms with Gasteiger partial charge in [0.1, 0.15) is 5.75 Å². The molecule has 0 saturated carbocycles. The molecule has 1 aromatic carbocycles. The highest BCUT2D eigenvalue weighted by Gasteiger charge is 2.09. The number of thiazole rings is 1. The molecular weight excluding hydrogens is 423 g/mol. The van der Waals surface area contributed by atoms with E-state index in [4.69, 9.17) is 4.74 Å². The zero-order valence-corrected chi connectivity index (χ0v) is 17.0. The Bertz CT molecular complexity index is 645. The van der Waals surface area contributed by atoms with Crippen LogP contribution in [0.1, 0.15) is 16.3 Å². The van der Waals surface area contributed by atoms with E-state index in [0.717, 1.165) is 34.5 Å². The lowest BCUT2D eigenvalue weighted by atomic mass is 10.2. The zero-order valence-electron chi connectivity index (χ0n) is 13.9. The minimum absolute atomic E-state index is 0. The molecule has 1 aromatic heterocycles. The number of aromatic nitrogens is 1. The van der Waals surface area contributed by atoms with Crippen LogP contribution in [0.4, 0.5) is 0 Å². The molecule has 0 radical (unpaired) electrons. The van der Waals surface area contributed by atoms with Crippen molar-refractivity contribution in [3.05, 3.63) is 45.9 Å². The fourth-order valence-corrected chi connectivity index (χ4v) is 2.81. The Kier molecular flexibility index (Phi) is 8.32. The maximum absolute atomic E-state index is 5.37. The highest BCUT2D eigenvalue weighted by molar-refractivity contribution is 14.0. The molecule has 0 aliphatic carbocycles. The third kappa shape index (κ3) is 5.65. The number of aryl methyl sites for hydroxylation is 1. The molecule has 5 nitrogen and oxygen atoms in total. The fourth-order valence-electron chi connectivity index (χ4n) is 2.21. The van der Waals surface area contributed by atoms with Crippen LogP contribution in [0.5, 0.6) is 5.75 Å². The van der Waals surface area contributed by atoms with Crippen molar-refractivity contribution >= 4 is 41.3 Å². The summed E-state index contributed by atoms with van der Waals surface area (Å²) in [6.45, 7) is 3.41. The van der Waals surface area contributed by atoms with Gasteiger partial charge in [0, 0.05) is 31.6 Å². The van der Waals surface area contributed by atoms with Crippen LogP contribution in [-0.2, 0) is 13.1 Å². The Morgan fingerprint density at radius 2 is 2.13 bits per heavy atom. The molecule has 2 aromatic rings. The van der Waals surface area contributed by atoms with E-state index >= 15 is 0 Å². The van der Waals surface area contributed by atoms with Crippen LogP contribution in [0.15, 0.2) is 34.6 Å². The molecule has 0 fully saturated rings. The van der Waals surface area contributed by atoms with Gasteiger partial charge in [0.25, 0.3) is 0 Å². The molecule has 126 valence electrons. The summed E-state index contributed by atoms with van der Waals surface area (Å²) in [7, 11) is 5.48. The van der Waals surface area contributed by atoms with Gasteiger partial charge >= 0.3 is 0 Å². The standard InChI is InChI=1S/C16H22N4OS.HI/c1-12-19-14(11-22-12)10-20(3)16(17-2)18-9-13-7-5-6-8-15(13)21-4;/h5-8,11H,9-10H2,1-4H3,(H,17,18);1H. The second-order valence-electron chi connectivity index (χ2n) is 4.93. The van der Waals surface area contributed by atoms with Crippen molar-refractivity contribution < 1.29 is 4.74 Å². The minimum atomic E-state index is 0. The first-order chi connectivity index (χ1) is 10.6. The van der Waals surface area contributed by atoms with Gasteiger partial charge in [-0.1, -0.05) is 18.2 Å². The molecule has 0 amide bonds. The van der Waals surface area contributed by atoms with Crippen molar-refractivity contribution in [2.75, 3.05) is 21.2 Å². The quantitative estimate of drug-likeness (QED) is 0.435. The predicted molar refractivity (Wildman–Crippen MR) is 107 cm³/mol. The zero-order chi connectivity index (χ0) is 15.9. The second kappa shape index (κ2) is 9.71. The molecule has 0 aliphatic rings. The average Bonchev–Trinajstić information content (AvgIpc) is 2.93. The van der Waals surface area contributed by atoms with Crippen molar-refractivity contribution in [1.29, 1.82) is 0 Å². The monoisotopic (exact) mass is 446 g/mol. The number of methoxy groups -OCH3 is 1. The largest absolute Gasteiger partial charge is 0.496 e. The Labute approximate surface area is 158 Å². The van der Waals surface area contributed by atoms with Gasteiger partial charge in [-0.2, -0.15) is 0 Å². The fraction of sp³-hybridized carbons (Fsp3) is 0.375. The highest BCUT2D eigenvalue weighted by Crippen LogP contribution is 2.17. The van der Waals surface area contributed by atoms with Crippen LogP contribution < -0.4 is 10.1 Å².